The molecule has 1 aromatic carbocycles. The zero-order chi connectivity index (χ0) is 26.7. The Kier molecular flexibility index (Phi) is 5.93. The lowest BCUT2D eigenvalue weighted by Gasteiger charge is -2.41. The third-order valence-electron chi connectivity index (χ3n) is 7.58. The zero-order valence-electron chi connectivity index (χ0n) is 20.7. The highest BCUT2D eigenvalue weighted by molar-refractivity contribution is 5.58. The maximum Gasteiger partial charge on any atom is 0.418 e. The summed E-state index contributed by atoms with van der Waals surface area (Å²) in [5.41, 5.74) is -0.287. The van der Waals surface area contributed by atoms with Crippen LogP contribution in [0.5, 0.6) is 0 Å². The Hall–Kier alpha value is -3.48. The molecule has 0 aliphatic carbocycles. The molecular weight excluding hydrogens is 501 g/mol. The molecule has 0 radical (unpaired) electrons. The van der Waals surface area contributed by atoms with Crippen molar-refractivity contribution in [2.45, 2.75) is 37.1 Å². The molecule has 0 unspecified atom stereocenters. The Labute approximate surface area is 215 Å². The van der Waals surface area contributed by atoms with Crippen LogP contribution < -0.4 is 5.69 Å². The molecule has 2 aliphatic rings. The number of ether oxygens (including phenoxy) is 1. The van der Waals surface area contributed by atoms with Gasteiger partial charge in [-0.05, 0) is 35.7 Å². The van der Waals surface area contributed by atoms with Gasteiger partial charge < -0.3 is 14.4 Å². The van der Waals surface area contributed by atoms with E-state index >= 15 is 0 Å². The number of nitrogens with zero attached hydrogens (tertiary/aromatic N) is 6. The molecule has 12 heteroatoms. The van der Waals surface area contributed by atoms with Gasteiger partial charge in [0.15, 0.2) is 0 Å². The molecule has 0 amide bonds. The summed E-state index contributed by atoms with van der Waals surface area (Å²) in [5, 5.41) is 17.9. The topological polar surface area (TPSA) is 89.8 Å². The minimum Gasteiger partial charge on any atom is -0.392 e. The number of β-amino-alcohol motifs (C(OH)–C–C–N with tert-alkyl or cyclic N) is 1. The van der Waals surface area contributed by atoms with Crippen molar-refractivity contribution in [2.75, 3.05) is 26.3 Å². The van der Waals surface area contributed by atoms with Crippen molar-refractivity contribution in [3.8, 4) is 5.69 Å². The van der Waals surface area contributed by atoms with Gasteiger partial charge in [-0.2, -0.15) is 13.2 Å². The maximum atomic E-state index is 14.1. The summed E-state index contributed by atoms with van der Waals surface area (Å²) in [6.07, 6.45) is 0.360. The Balaban J connectivity index is 1.41. The van der Waals surface area contributed by atoms with Gasteiger partial charge in [-0.3, -0.25) is 13.9 Å². The number of aromatic nitrogens is 5. The summed E-state index contributed by atoms with van der Waals surface area (Å²) in [4.78, 5) is 15.3. The van der Waals surface area contributed by atoms with Crippen LogP contribution in [-0.2, 0) is 36.3 Å². The zero-order valence-corrected chi connectivity index (χ0v) is 20.7. The van der Waals surface area contributed by atoms with E-state index in [9.17, 15) is 23.1 Å². The van der Waals surface area contributed by atoms with Gasteiger partial charge in [0, 0.05) is 50.9 Å². The first-order chi connectivity index (χ1) is 18.1. The Bertz CT molecular complexity index is 1550. The molecule has 38 heavy (non-hydrogen) atoms. The standard InChI is InChI=1S/C26H27F3N6O3/c1-32-16-30-31-23(32)9-25(14-38-15-25)18-3-2-4-19(8-18)34-13-22-21(26(27,28)29)7-17(11-35(22)24(34)37)10-33-6-5-20(36)12-33/h2-4,7-8,11,13,16,20,36H,5-6,9-10,12,14-15H2,1H3/t20-/m1/s1. The highest BCUT2D eigenvalue weighted by Gasteiger charge is 2.42. The fraction of sp³-hybridized carbons (Fsp3) is 0.423. The van der Waals surface area contributed by atoms with Gasteiger partial charge in [-0.15, -0.1) is 10.2 Å². The van der Waals surface area contributed by atoms with E-state index in [4.69, 9.17) is 4.74 Å². The van der Waals surface area contributed by atoms with Crippen molar-refractivity contribution >= 4 is 5.52 Å². The van der Waals surface area contributed by atoms with E-state index in [0.29, 0.717) is 50.4 Å². The Morgan fingerprint density at radius 3 is 2.66 bits per heavy atom. The number of likely N-dealkylation sites (tertiary alicyclic amines) is 1. The smallest absolute Gasteiger partial charge is 0.392 e. The molecule has 3 aromatic heterocycles. The monoisotopic (exact) mass is 528 g/mol. The summed E-state index contributed by atoms with van der Waals surface area (Å²) < 4.78 is 52.0. The number of alkyl halides is 3. The maximum absolute atomic E-state index is 14.1. The molecule has 0 spiro atoms. The molecule has 1 N–H and O–H groups in total. The molecule has 4 aromatic rings. The predicted molar refractivity (Wildman–Crippen MR) is 131 cm³/mol. The second kappa shape index (κ2) is 9.07. The number of aryl methyl sites for hydroxylation is 1. The van der Waals surface area contributed by atoms with Crippen molar-refractivity contribution in [3.05, 3.63) is 82.1 Å². The summed E-state index contributed by atoms with van der Waals surface area (Å²) in [6.45, 7) is 2.12. The number of aliphatic hydroxyl groups excluding tert-OH is 1. The number of halogens is 3. The van der Waals surface area contributed by atoms with Crippen LogP contribution >= 0.6 is 0 Å². The molecular formula is C26H27F3N6O3. The number of aliphatic hydroxyl groups is 1. The number of fused-ring (bicyclic) bond motifs is 1. The molecule has 9 nitrogen and oxygen atoms in total. The van der Waals surface area contributed by atoms with Crippen LogP contribution in [0.2, 0.25) is 0 Å². The van der Waals surface area contributed by atoms with E-state index in [2.05, 4.69) is 10.2 Å². The molecule has 0 saturated carbocycles. The van der Waals surface area contributed by atoms with Crippen molar-refractivity contribution in [2.24, 2.45) is 7.05 Å². The van der Waals surface area contributed by atoms with Gasteiger partial charge in [0.1, 0.15) is 12.2 Å². The Morgan fingerprint density at radius 2 is 2.03 bits per heavy atom. The lowest BCUT2D eigenvalue weighted by molar-refractivity contribution is -0.136. The molecule has 200 valence electrons. The normalized spacial score (nSPS) is 19.8. The molecule has 6 rings (SSSR count). The van der Waals surface area contributed by atoms with Crippen LogP contribution in [0.15, 0.2) is 53.8 Å². The molecule has 1 atom stereocenters. The van der Waals surface area contributed by atoms with E-state index < -0.39 is 23.5 Å². The van der Waals surface area contributed by atoms with Gasteiger partial charge in [-0.1, -0.05) is 12.1 Å². The third kappa shape index (κ3) is 4.32. The number of hydrogen-bond donors (Lipinski definition) is 1. The van der Waals surface area contributed by atoms with Gasteiger partial charge in [0.05, 0.1) is 36.1 Å². The van der Waals surface area contributed by atoms with Crippen LogP contribution in [0, 0.1) is 0 Å². The van der Waals surface area contributed by atoms with E-state index in [1.807, 2.05) is 28.6 Å². The molecule has 5 heterocycles. The fourth-order valence-corrected chi connectivity index (χ4v) is 5.43. The van der Waals surface area contributed by atoms with Gasteiger partial charge >= 0.3 is 11.9 Å². The molecule has 0 bridgehead atoms. The Morgan fingerprint density at radius 1 is 1.21 bits per heavy atom. The van der Waals surface area contributed by atoms with Crippen molar-refractivity contribution < 1.29 is 23.0 Å². The summed E-state index contributed by atoms with van der Waals surface area (Å²) in [6, 6.07) is 8.37. The number of hydrogen-bond acceptors (Lipinski definition) is 6. The lowest BCUT2D eigenvalue weighted by atomic mass is 9.75. The minimum absolute atomic E-state index is 0.209. The molecule has 2 aliphatic heterocycles. The van der Waals surface area contributed by atoms with Crippen LogP contribution in [0.4, 0.5) is 13.2 Å². The average molecular weight is 529 g/mol. The first-order valence-electron chi connectivity index (χ1n) is 12.4. The number of rotatable bonds is 6. The summed E-state index contributed by atoms with van der Waals surface area (Å²) >= 11 is 0. The van der Waals surface area contributed by atoms with Crippen LogP contribution in [-0.4, -0.2) is 66.1 Å². The number of imidazole rings is 1. The SMILES string of the molecule is Cn1cnnc1CC1(c2cccc(-n3cc4c(C(F)(F)F)cc(CN5CC[C@@H](O)C5)cn4c3=O)c2)COC1. The van der Waals surface area contributed by atoms with E-state index in [-0.39, 0.29) is 17.5 Å². The first kappa shape index (κ1) is 24.8. The predicted octanol–water partition coefficient (Wildman–Crippen LogP) is 2.31. The second-order valence-corrected chi connectivity index (χ2v) is 10.3. The average Bonchev–Trinajstić information content (AvgIpc) is 3.54. The molecule has 2 fully saturated rings. The van der Waals surface area contributed by atoms with Crippen molar-refractivity contribution in [1.82, 2.24) is 28.6 Å². The largest absolute Gasteiger partial charge is 0.418 e. The van der Waals surface area contributed by atoms with E-state index in [1.165, 1.54) is 17.0 Å². The summed E-state index contributed by atoms with van der Waals surface area (Å²) in [7, 11) is 1.86. The first-order valence-corrected chi connectivity index (χ1v) is 12.4. The fourth-order valence-electron chi connectivity index (χ4n) is 5.43. The van der Waals surface area contributed by atoms with Crippen molar-refractivity contribution in [3.63, 3.8) is 0 Å². The van der Waals surface area contributed by atoms with Crippen LogP contribution in [0.3, 0.4) is 0 Å². The highest BCUT2D eigenvalue weighted by atomic mass is 19.4. The van der Waals surface area contributed by atoms with Crippen molar-refractivity contribution in [1.29, 1.82) is 0 Å². The number of benzene rings is 1. The summed E-state index contributed by atoms with van der Waals surface area (Å²) in [5.74, 6) is 0.790. The van der Waals surface area contributed by atoms with Gasteiger partial charge in [0.2, 0.25) is 0 Å². The molecule has 2 saturated heterocycles. The number of pyridine rings is 1. The lowest BCUT2D eigenvalue weighted by Crippen LogP contribution is -2.49. The quantitative estimate of drug-likeness (QED) is 0.413. The van der Waals surface area contributed by atoms with E-state index in [0.717, 1.165) is 21.9 Å². The van der Waals surface area contributed by atoms with E-state index in [1.54, 1.807) is 18.5 Å². The van der Waals surface area contributed by atoms with Crippen LogP contribution in [0.25, 0.3) is 11.2 Å². The highest BCUT2D eigenvalue weighted by Crippen LogP contribution is 2.37. The van der Waals surface area contributed by atoms with Gasteiger partial charge in [-0.25, -0.2) is 4.79 Å². The van der Waals surface area contributed by atoms with Gasteiger partial charge in [0.25, 0.3) is 0 Å². The van der Waals surface area contributed by atoms with Crippen LogP contribution in [0.1, 0.15) is 28.9 Å². The second-order valence-electron chi connectivity index (χ2n) is 10.3. The third-order valence-corrected chi connectivity index (χ3v) is 7.58. The minimum atomic E-state index is -4.64.